The fraction of sp³-hybridized carbons (Fsp3) is 0.200. The van der Waals surface area contributed by atoms with Crippen LogP contribution in [0, 0.1) is 0 Å². The van der Waals surface area contributed by atoms with Crippen molar-refractivity contribution in [2.75, 3.05) is 14.2 Å². The highest BCUT2D eigenvalue weighted by molar-refractivity contribution is 6.01. The normalized spacial score (nSPS) is 11.0. The topological polar surface area (TPSA) is 64.9 Å². The molecule has 0 aliphatic rings. The minimum atomic E-state index is -0.347. The van der Waals surface area contributed by atoms with Gasteiger partial charge in [-0.1, -0.05) is 18.2 Å². The molecule has 0 radical (unpaired) electrons. The fourth-order valence-corrected chi connectivity index (χ4v) is 2.85. The van der Waals surface area contributed by atoms with E-state index in [1.165, 1.54) is 7.11 Å². The van der Waals surface area contributed by atoms with Crippen LogP contribution in [0.25, 0.3) is 10.9 Å². The van der Waals surface area contributed by atoms with Crippen LogP contribution in [0.2, 0.25) is 0 Å². The van der Waals surface area contributed by atoms with Gasteiger partial charge in [-0.15, -0.1) is 0 Å². The molecule has 3 aromatic rings. The third-order valence-corrected chi connectivity index (χ3v) is 4.18. The highest BCUT2D eigenvalue weighted by Crippen LogP contribution is 2.24. The van der Waals surface area contributed by atoms with Gasteiger partial charge >= 0.3 is 0 Å². The molecule has 0 fully saturated rings. The maximum absolute atomic E-state index is 12.4. The Kier molecular flexibility index (Phi) is 5.22. The zero-order valence-corrected chi connectivity index (χ0v) is 15.0. The zero-order valence-electron chi connectivity index (χ0n) is 15.0. The molecule has 3 rings (SSSR count). The van der Waals surface area contributed by atoms with Crippen molar-refractivity contribution in [3.63, 3.8) is 0 Å². The summed E-state index contributed by atoms with van der Waals surface area (Å²) in [5.41, 5.74) is 5.03. The molecule has 0 saturated heterocycles. The van der Waals surface area contributed by atoms with Crippen LogP contribution in [-0.2, 0) is 6.54 Å². The summed E-state index contributed by atoms with van der Waals surface area (Å²) in [6.45, 7) is 2.95. The Balaban J connectivity index is 1.80. The van der Waals surface area contributed by atoms with Crippen LogP contribution < -0.4 is 14.9 Å². The molecule has 0 spiro atoms. The van der Waals surface area contributed by atoms with Crippen molar-refractivity contribution in [3.8, 4) is 11.5 Å². The molecule has 0 aliphatic carbocycles. The van der Waals surface area contributed by atoms with Crippen molar-refractivity contribution < 1.29 is 14.3 Å². The van der Waals surface area contributed by atoms with Crippen LogP contribution in [0.15, 0.2) is 53.8 Å². The summed E-state index contributed by atoms with van der Waals surface area (Å²) in [5.74, 6) is 0.703. The maximum Gasteiger partial charge on any atom is 0.275 e. The number of benzene rings is 2. The zero-order chi connectivity index (χ0) is 18.5. The van der Waals surface area contributed by atoms with E-state index in [2.05, 4.69) is 28.1 Å². The summed E-state index contributed by atoms with van der Waals surface area (Å²) in [4.78, 5) is 12.4. The van der Waals surface area contributed by atoms with Gasteiger partial charge in [-0.05, 0) is 25.1 Å². The standard InChI is InChI=1S/C20H21N3O3/c1-4-23-13-14(16-7-5-6-8-18(16)23)12-21-22-20(24)17-10-9-15(25-2)11-19(17)26-3/h5-13H,4H2,1-3H3,(H,22,24). The number of methoxy groups -OCH3 is 2. The number of para-hydroxylation sites is 1. The number of fused-ring (bicyclic) bond motifs is 1. The highest BCUT2D eigenvalue weighted by atomic mass is 16.5. The number of carbonyl (C=O) groups excluding carboxylic acids is 1. The minimum absolute atomic E-state index is 0.347. The number of nitrogens with one attached hydrogen (secondary N) is 1. The lowest BCUT2D eigenvalue weighted by Crippen LogP contribution is -2.18. The molecule has 0 atom stereocenters. The van der Waals surface area contributed by atoms with Crippen LogP contribution in [-0.4, -0.2) is 30.9 Å². The van der Waals surface area contributed by atoms with E-state index < -0.39 is 0 Å². The summed E-state index contributed by atoms with van der Waals surface area (Å²) in [6.07, 6.45) is 3.68. The molecular formula is C20H21N3O3. The number of nitrogens with zero attached hydrogens (tertiary/aromatic N) is 2. The Morgan fingerprint density at radius 3 is 2.73 bits per heavy atom. The van der Waals surface area contributed by atoms with Gasteiger partial charge < -0.3 is 14.0 Å². The second-order valence-electron chi connectivity index (χ2n) is 5.65. The predicted octanol–water partition coefficient (Wildman–Crippen LogP) is 3.44. The Morgan fingerprint density at radius 2 is 2.00 bits per heavy atom. The molecule has 134 valence electrons. The van der Waals surface area contributed by atoms with E-state index in [4.69, 9.17) is 9.47 Å². The maximum atomic E-state index is 12.4. The molecular weight excluding hydrogens is 330 g/mol. The molecule has 1 amide bonds. The molecule has 2 aromatic carbocycles. The summed E-state index contributed by atoms with van der Waals surface area (Å²) in [6, 6.07) is 13.1. The summed E-state index contributed by atoms with van der Waals surface area (Å²) in [5, 5.41) is 5.20. The van der Waals surface area contributed by atoms with Gasteiger partial charge in [-0.3, -0.25) is 4.79 Å². The molecule has 1 aromatic heterocycles. The van der Waals surface area contributed by atoms with Crippen molar-refractivity contribution >= 4 is 23.0 Å². The Bertz CT molecular complexity index is 960. The lowest BCUT2D eigenvalue weighted by molar-refractivity contribution is 0.0952. The van der Waals surface area contributed by atoms with Gasteiger partial charge in [0.15, 0.2) is 0 Å². The molecule has 6 heteroatoms. The average Bonchev–Trinajstić information content (AvgIpc) is 3.05. The smallest absolute Gasteiger partial charge is 0.275 e. The van der Waals surface area contributed by atoms with Crippen LogP contribution in [0.5, 0.6) is 11.5 Å². The first-order chi connectivity index (χ1) is 12.7. The number of hydrogen-bond acceptors (Lipinski definition) is 4. The summed E-state index contributed by atoms with van der Waals surface area (Å²) < 4.78 is 12.5. The number of ether oxygens (including phenoxy) is 2. The monoisotopic (exact) mass is 351 g/mol. The van der Waals surface area contributed by atoms with E-state index in [1.807, 2.05) is 24.4 Å². The molecule has 6 nitrogen and oxygen atoms in total. The Labute approximate surface area is 152 Å². The molecule has 0 bridgehead atoms. The molecule has 0 aliphatic heterocycles. The van der Waals surface area contributed by atoms with Gasteiger partial charge in [0.05, 0.1) is 26.0 Å². The number of hydrazone groups is 1. The number of rotatable bonds is 6. The quantitative estimate of drug-likeness (QED) is 0.546. The summed E-state index contributed by atoms with van der Waals surface area (Å²) in [7, 11) is 3.07. The number of amides is 1. The number of aromatic nitrogens is 1. The molecule has 0 unspecified atom stereocenters. The van der Waals surface area contributed by atoms with Gasteiger partial charge in [0.2, 0.25) is 0 Å². The summed E-state index contributed by atoms with van der Waals surface area (Å²) >= 11 is 0. The third kappa shape index (κ3) is 3.39. The first kappa shape index (κ1) is 17.5. The lowest BCUT2D eigenvalue weighted by atomic mass is 10.2. The second-order valence-corrected chi connectivity index (χ2v) is 5.65. The van der Waals surface area contributed by atoms with Gasteiger partial charge in [0.1, 0.15) is 11.5 Å². The number of carbonyl (C=O) groups is 1. The van der Waals surface area contributed by atoms with E-state index >= 15 is 0 Å². The Hall–Kier alpha value is -3.28. The number of hydrogen-bond donors (Lipinski definition) is 1. The molecule has 0 saturated carbocycles. The Morgan fingerprint density at radius 1 is 1.19 bits per heavy atom. The second kappa shape index (κ2) is 7.74. The van der Waals surface area contributed by atoms with Crippen LogP contribution in [0.1, 0.15) is 22.8 Å². The third-order valence-electron chi connectivity index (χ3n) is 4.18. The van der Waals surface area contributed by atoms with E-state index in [0.29, 0.717) is 17.1 Å². The van der Waals surface area contributed by atoms with Crippen LogP contribution in [0.3, 0.4) is 0 Å². The largest absolute Gasteiger partial charge is 0.497 e. The van der Waals surface area contributed by atoms with E-state index in [1.54, 1.807) is 31.5 Å². The van der Waals surface area contributed by atoms with Crippen molar-refractivity contribution in [2.24, 2.45) is 5.10 Å². The van der Waals surface area contributed by atoms with Crippen LogP contribution in [0.4, 0.5) is 0 Å². The number of aryl methyl sites for hydroxylation is 1. The average molecular weight is 351 g/mol. The van der Waals surface area contributed by atoms with Crippen LogP contribution >= 0.6 is 0 Å². The van der Waals surface area contributed by atoms with Gasteiger partial charge in [0.25, 0.3) is 5.91 Å². The minimum Gasteiger partial charge on any atom is -0.497 e. The van der Waals surface area contributed by atoms with Crippen molar-refractivity contribution in [1.82, 2.24) is 9.99 Å². The van der Waals surface area contributed by atoms with Gasteiger partial charge in [0, 0.05) is 35.3 Å². The van der Waals surface area contributed by atoms with Crippen molar-refractivity contribution in [3.05, 3.63) is 59.8 Å². The van der Waals surface area contributed by atoms with E-state index in [-0.39, 0.29) is 5.91 Å². The van der Waals surface area contributed by atoms with Crippen molar-refractivity contribution in [2.45, 2.75) is 13.5 Å². The highest BCUT2D eigenvalue weighted by Gasteiger charge is 2.13. The van der Waals surface area contributed by atoms with Gasteiger partial charge in [-0.2, -0.15) is 5.10 Å². The predicted molar refractivity (Wildman–Crippen MR) is 102 cm³/mol. The van der Waals surface area contributed by atoms with Crippen molar-refractivity contribution in [1.29, 1.82) is 0 Å². The van der Waals surface area contributed by atoms with E-state index in [9.17, 15) is 4.79 Å². The SMILES string of the molecule is CCn1cc(C=NNC(=O)c2ccc(OC)cc2OC)c2ccccc21. The van der Waals surface area contributed by atoms with Gasteiger partial charge in [-0.25, -0.2) is 5.43 Å². The molecule has 1 heterocycles. The fourth-order valence-electron chi connectivity index (χ4n) is 2.85. The first-order valence-corrected chi connectivity index (χ1v) is 8.31. The lowest BCUT2D eigenvalue weighted by Gasteiger charge is -2.08. The first-order valence-electron chi connectivity index (χ1n) is 8.31. The van der Waals surface area contributed by atoms with E-state index in [0.717, 1.165) is 23.0 Å². The molecule has 26 heavy (non-hydrogen) atoms. The molecule has 1 N–H and O–H groups in total.